The normalized spacial score (nSPS) is 15.1. The number of anilines is 1. The number of hydrogen-bond donors (Lipinski definition) is 1. The van der Waals surface area contributed by atoms with Crippen LogP contribution < -0.4 is 15.0 Å². The number of imidazole rings is 1. The highest BCUT2D eigenvalue weighted by Crippen LogP contribution is 2.24. The first-order chi connectivity index (χ1) is 11.3. The van der Waals surface area contributed by atoms with Gasteiger partial charge in [-0.3, -0.25) is 0 Å². The fourth-order valence-corrected chi connectivity index (χ4v) is 2.99. The van der Waals surface area contributed by atoms with Crippen molar-refractivity contribution < 1.29 is 4.74 Å². The largest absolute Gasteiger partial charge is 0.497 e. The lowest BCUT2D eigenvalue weighted by Gasteiger charge is -2.29. The summed E-state index contributed by atoms with van der Waals surface area (Å²) in [7, 11) is 1.68. The lowest BCUT2D eigenvalue weighted by atomic mass is 10.2. The number of benzene rings is 1. The van der Waals surface area contributed by atoms with Crippen molar-refractivity contribution in [2.24, 2.45) is 0 Å². The number of nitrogens with zero attached hydrogens (tertiary/aromatic N) is 3. The molecule has 0 saturated carbocycles. The first-order valence-corrected chi connectivity index (χ1v) is 7.92. The Bertz CT molecular complexity index is 804. The number of aromatic nitrogens is 2. The summed E-state index contributed by atoms with van der Waals surface area (Å²) in [6.07, 6.45) is 4.25. The zero-order valence-corrected chi connectivity index (χ0v) is 13.2. The quantitative estimate of drug-likeness (QED) is 0.807. The van der Waals surface area contributed by atoms with E-state index in [-0.39, 0.29) is 0 Å². The van der Waals surface area contributed by atoms with Crippen molar-refractivity contribution in [1.82, 2.24) is 14.7 Å². The summed E-state index contributed by atoms with van der Waals surface area (Å²) in [6, 6.07) is 12.3. The smallest absolute Gasteiger partial charge is 0.137 e. The van der Waals surface area contributed by atoms with Crippen LogP contribution in [0.1, 0.15) is 0 Å². The van der Waals surface area contributed by atoms with Crippen LogP contribution in [0.3, 0.4) is 0 Å². The predicted molar refractivity (Wildman–Crippen MR) is 92.3 cm³/mol. The van der Waals surface area contributed by atoms with Crippen molar-refractivity contribution in [2.75, 3.05) is 38.2 Å². The highest BCUT2D eigenvalue weighted by Gasteiger charge is 2.12. The van der Waals surface area contributed by atoms with E-state index in [9.17, 15) is 0 Å². The summed E-state index contributed by atoms with van der Waals surface area (Å²) in [6.45, 7) is 4.18. The van der Waals surface area contributed by atoms with Crippen molar-refractivity contribution in [3.63, 3.8) is 0 Å². The number of rotatable bonds is 3. The predicted octanol–water partition coefficient (Wildman–Crippen LogP) is 2.42. The van der Waals surface area contributed by atoms with E-state index in [4.69, 9.17) is 9.72 Å². The lowest BCUT2D eigenvalue weighted by Crippen LogP contribution is -2.43. The minimum atomic E-state index is 0.860. The van der Waals surface area contributed by atoms with Gasteiger partial charge in [-0.15, -0.1) is 0 Å². The summed E-state index contributed by atoms with van der Waals surface area (Å²) >= 11 is 0. The van der Waals surface area contributed by atoms with Crippen molar-refractivity contribution >= 4 is 11.3 Å². The third-order valence-corrected chi connectivity index (χ3v) is 4.30. The van der Waals surface area contributed by atoms with E-state index in [0.29, 0.717) is 0 Å². The van der Waals surface area contributed by atoms with E-state index >= 15 is 0 Å². The van der Waals surface area contributed by atoms with Crippen LogP contribution in [0.5, 0.6) is 5.75 Å². The van der Waals surface area contributed by atoms with Crippen LogP contribution in [0, 0.1) is 0 Å². The summed E-state index contributed by atoms with van der Waals surface area (Å²) in [5.41, 5.74) is 4.29. The molecule has 3 aromatic rings. The van der Waals surface area contributed by atoms with Crippen LogP contribution in [-0.2, 0) is 0 Å². The first-order valence-electron chi connectivity index (χ1n) is 7.92. The zero-order valence-electron chi connectivity index (χ0n) is 13.2. The number of ether oxygens (including phenoxy) is 1. The average Bonchev–Trinajstić information content (AvgIpc) is 3.06. The van der Waals surface area contributed by atoms with E-state index in [1.807, 2.05) is 24.3 Å². The lowest BCUT2D eigenvalue weighted by molar-refractivity contribution is 0.415. The maximum absolute atomic E-state index is 5.21. The Morgan fingerprint density at radius 3 is 2.52 bits per heavy atom. The molecule has 0 unspecified atom stereocenters. The third kappa shape index (κ3) is 2.75. The van der Waals surface area contributed by atoms with Crippen LogP contribution in [-0.4, -0.2) is 42.7 Å². The molecule has 4 rings (SSSR count). The standard InChI is InChI=1S/C18H20N4O/c1-23-16-5-2-14(3-6-16)17-13-22-12-15(4-7-18(22)20-17)21-10-8-19-9-11-21/h2-7,12-13,19H,8-11H2,1H3. The fraction of sp³-hybridized carbons (Fsp3) is 0.278. The molecule has 0 radical (unpaired) electrons. The maximum atomic E-state index is 5.21. The Kier molecular flexibility index (Phi) is 3.63. The van der Waals surface area contributed by atoms with E-state index in [1.54, 1.807) is 7.11 Å². The van der Waals surface area contributed by atoms with Gasteiger partial charge in [0.05, 0.1) is 18.5 Å². The van der Waals surface area contributed by atoms with Gasteiger partial charge in [-0.05, 0) is 36.4 Å². The Morgan fingerprint density at radius 1 is 1.00 bits per heavy atom. The van der Waals surface area contributed by atoms with E-state index in [1.165, 1.54) is 5.69 Å². The number of piperazine rings is 1. The van der Waals surface area contributed by atoms with Gasteiger partial charge in [-0.25, -0.2) is 4.98 Å². The molecule has 118 valence electrons. The molecule has 2 aromatic heterocycles. The zero-order chi connectivity index (χ0) is 15.6. The number of methoxy groups -OCH3 is 1. The second kappa shape index (κ2) is 5.93. The van der Waals surface area contributed by atoms with E-state index in [2.05, 4.69) is 39.1 Å². The van der Waals surface area contributed by atoms with Crippen molar-refractivity contribution in [3.05, 3.63) is 48.8 Å². The second-order valence-corrected chi connectivity index (χ2v) is 5.74. The number of hydrogen-bond acceptors (Lipinski definition) is 4. The minimum Gasteiger partial charge on any atom is -0.497 e. The Balaban J connectivity index is 1.66. The maximum Gasteiger partial charge on any atom is 0.137 e. The molecular formula is C18H20N4O. The molecule has 1 aliphatic heterocycles. The van der Waals surface area contributed by atoms with Gasteiger partial charge in [-0.2, -0.15) is 0 Å². The Hall–Kier alpha value is -2.53. The van der Waals surface area contributed by atoms with Gasteiger partial charge in [0.25, 0.3) is 0 Å². The van der Waals surface area contributed by atoms with Crippen LogP contribution in [0.4, 0.5) is 5.69 Å². The van der Waals surface area contributed by atoms with Gasteiger partial charge in [0.15, 0.2) is 0 Å². The Morgan fingerprint density at radius 2 is 1.78 bits per heavy atom. The van der Waals surface area contributed by atoms with Crippen LogP contribution >= 0.6 is 0 Å². The second-order valence-electron chi connectivity index (χ2n) is 5.74. The molecule has 23 heavy (non-hydrogen) atoms. The van der Waals surface area contributed by atoms with Crippen LogP contribution in [0.25, 0.3) is 16.9 Å². The molecule has 0 aliphatic carbocycles. The molecule has 1 N–H and O–H groups in total. The topological polar surface area (TPSA) is 41.8 Å². The summed E-state index contributed by atoms with van der Waals surface area (Å²) in [5.74, 6) is 0.860. The molecule has 1 aliphatic rings. The van der Waals surface area contributed by atoms with Crippen molar-refractivity contribution in [2.45, 2.75) is 0 Å². The van der Waals surface area contributed by atoms with Gasteiger partial charge in [0, 0.05) is 44.1 Å². The molecule has 0 amide bonds. The van der Waals surface area contributed by atoms with E-state index in [0.717, 1.165) is 48.8 Å². The number of nitrogens with one attached hydrogen (secondary N) is 1. The molecule has 1 saturated heterocycles. The summed E-state index contributed by atoms with van der Waals surface area (Å²) in [5, 5.41) is 3.39. The van der Waals surface area contributed by atoms with Crippen LogP contribution in [0.2, 0.25) is 0 Å². The van der Waals surface area contributed by atoms with Crippen LogP contribution in [0.15, 0.2) is 48.8 Å². The van der Waals surface area contributed by atoms with Gasteiger partial charge in [0.1, 0.15) is 11.4 Å². The molecule has 1 aromatic carbocycles. The van der Waals surface area contributed by atoms with Crippen molar-refractivity contribution in [1.29, 1.82) is 0 Å². The molecule has 0 bridgehead atoms. The SMILES string of the molecule is COc1ccc(-c2cn3cc(N4CCNCC4)ccc3n2)cc1. The summed E-state index contributed by atoms with van der Waals surface area (Å²) < 4.78 is 7.32. The molecule has 5 nitrogen and oxygen atoms in total. The first kappa shape index (κ1) is 14.1. The molecule has 0 atom stereocenters. The molecule has 0 spiro atoms. The highest BCUT2D eigenvalue weighted by molar-refractivity contribution is 5.64. The number of pyridine rings is 1. The fourth-order valence-electron chi connectivity index (χ4n) is 2.99. The van der Waals surface area contributed by atoms with Gasteiger partial charge < -0.3 is 19.4 Å². The van der Waals surface area contributed by atoms with Gasteiger partial charge >= 0.3 is 0 Å². The molecule has 5 heteroatoms. The average molecular weight is 308 g/mol. The summed E-state index contributed by atoms with van der Waals surface area (Å²) in [4.78, 5) is 7.12. The number of fused-ring (bicyclic) bond motifs is 1. The molecular weight excluding hydrogens is 288 g/mol. The monoisotopic (exact) mass is 308 g/mol. The Labute approximate surface area is 135 Å². The van der Waals surface area contributed by atoms with Crippen molar-refractivity contribution in [3.8, 4) is 17.0 Å². The van der Waals surface area contributed by atoms with Gasteiger partial charge in [-0.1, -0.05) is 0 Å². The van der Waals surface area contributed by atoms with Gasteiger partial charge in [0.2, 0.25) is 0 Å². The molecule has 3 heterocycles. The highest BCUT2D eigenvalue weighted by atomic mass is 16.5. The minimum absolute atomic E-state index is 0.860. The third-order valence-electron chi connectivity index (χ3n) is 4.30. The van der Waals surface area contributed by atoms with E-state index < -0.39 is 0 Å². The molecule has 1 fully saturated rings.